The first-order valence-electron chi connectivity index (χ1n) is 7.32. The summed E-state index contributed by atoms with van der Waals surface area (Å²) < 4.78 is 5.26. The van der Waals surface area contributed by atoms with Gasteiger partial charge in [-0.1, -0.05) is 24.3 Å². The maximum Gasteiger partial charge on any atom is 0.309 e. The van der Waals surface area contributed by atoms with Crippen LogP contribution in [0, 0.1) is 23.4 Å². The number of benzene rings is 2. The summed E-state index contributed by atoms with van der Waals surface area (Å²) in [5.74, 6) is 0.0457. The Morgan fingerprint density at radius 1 is 1.09 bits per heavy atom. The van der Waals surface area contributed by atoms with E-state index in [1.807, 2.05) is 30.3 Å². The second-order valence-electron chi connectivity index (χ2n) is 5.72. The second-order valence-corrected chi connectivity index (χ2v) is 6.19. The summed E-state index contributed by atoms with van der Waals surface area (Å²) in [6.07, 6.45) is 1.37. The molecule has 1 aliphatic heterocycles. The molecule has 3 rings (SSSR count). The molecule has 1 saturated heterocycles. The lowest BCUT2D eigenvalue weighted by Gasteiger charge is -2.15. The van der Waals surface area contributed by atoms with Gasteiger partial charge in [-0.2, -0.15) is 0 Å². The molecule has 0 saturated carbocycles. The van der Waals surface area contributed by atoms with E-state index in [4.69, 9.17) is 16.3 Å². The number of hydrogen-bond acceptors (Lipinski definition) is 3. The quantitative estimate of drug-likeness (QED) is 0.882. The molecule has 0 aliphatic carbocycles. The largest absolute Gasteiger partial charge is 0.508 e. The van der Waals surface area contributed by atoms with Gasteiger partial charge >= 0.3 is 5.97 Å². The molecule has 0 amide bonds. The van der Waals surface area contributed by atoms with E-state index < -0.39 is 0 Å². The number of carbonyl (C=O) groups is 1. The fraction of sp³-hybridized carbons (Fsp3) is 0.278. The van der Waals surface area contributed by atoms with Crippen molar-refractivity contribution in [2.75, 3.05) is 6.61 Å². The van der Waals surface area contributed by atoms with Crippen molar-refractivity contribution < 1.29 is 26.2 Å². The molecule has 0 spiro atoms. The van der Waals surface area contributed by atoms with Crippen molar-refractivity contribution in [3.05, 3.63) is 64.7 Å². The number of phenolic OH excluding ortho intramolecular Hbond substituents is 1. The third-order valence-corrected chi connectivity index (χ3v) is 4.33. The summed E-state index contributed by atoms with van der Waals surface area (Å²) in [7, 11) is 0. The first-order valence-corrected chi connectivity index (χ1v) is 7.73. The molecule has 0 bridgehead atoms. The van der Waals surface area contributed by atoms with Crippen LogP contribution in [0.15, 0.2) is 48.5 Å². The van der Waals surface area contributed by atoms with E-state index in [2.05, 4.69) is 0 Å². The normalized spacial score (nSPS) is 20.9. The van der Waals surface area contributed by atoms with Crippen LogP contribution >= 0.6 is 0 Å². The monoisotopic (exact) mass is 317 g/mol. The van der Waals surface area contributed by atoms with Crippen LogP contribution in [0.2, 0.25) is 5.02 Å². The zero-order valence-electron chi connectivity index (χ0n) is 12.1. The Balaban J connectivity index is 1.74. The van der Waals surface area contributed by atoms with Gasteiger partial charge in [0, 0.05) is 18.1 Å². The van der Waals surface area contributed by atoms with E-state index in [1.54, 1.807) is 18.2 Å². The molecule has 1 aliphatic rings. The van der Waals surface area contributed by atoms with E-state index in [-0.39, 0.29) is 23.6 Å². The summed E-state index contributed by atoms with van der Waals surface area (Å²) >= 11 is 5.19. The van der Waals surface area contributed by atoms with Crippen molar-refractivity contribution >= 4 is 5.97 Å². The Morgan fingerprint density at radius 3 is 2.55 bits per heavy atom. The van der Waals surface area contributed by atoms with Crippen LogP contribution in [-0.2, 0) is 22.4 Å². The summed E-state index contributed by atoms with van der Waals surface area (Å²) in [5.41, 5.74) is 2.09. The highest BCUT2D eigenvalue weighted by Crippen LogP contribution is 2.30. The number of esters is 1. The van der Waals surface area contributed by atoms with Crippen LogP contribution in [0.5, 0.6) is 5.75 Å². The lowest BCUT2D eigenvalue weighted by atomic mass is 9.85. The molecule has 2 unspecified atom stereocenters. The van der Waals surface area contributed by atoms with Crippen molar-refractivity contribution in [2.45, 2.75) is 12.8 Å². The van der Waals surface area contributed by atoms with Gasteiger partial charge in [-0.05, 0) is 36.1 Å². The maximum absolute atomic E-state index is 12.0. The molecule has 2 aromatic rings. The molecule has 114 valence electrons. The van der Waals surface area contributed by atoms with Gasteiger partial charge < -0.3 is 9.84 Å². The summed E-state index contributed by atoms with van der Waals surface area (Å²) in [4.78, 5) is 12.0. The number of cyclic esters (lactones) is 1. The molecule has 3 nitrogen and oxygen atoms in total. The average Bonchev–Trinajstić information content (AvgIpc) is 2.80. The fourth-order valence-electron chi connectivity index (χ4n) is 2.97. The van der Waals surface area contributed by atoms with Crippen molar-refractivity contribution in [3.63, 3.8) is 0 Å². The van der Waals surface area contributed by atoms with E-state index in [9.17, 15) is 9.90 Å². The lowest BCUT2D eigenvalue weighted by molar-refractivity contribution is -0.289. The molecule has 1 heterocycles. The molecule has 2 atom stereocenters. The van der Waals surface area contributed by atoms with Crippen LogP contribution in [0.4, 0.5) is 0 Å². The van der Waals surface area contributed by atoms with Gasteiger partial charge in [-0.15, -0.1) is 0 Å². The van der Waals surface area contributed by atoms with Crippen LogP contribution < -0.4 is 0 Å². The minimum atomic E-state index is -0.171. The lowest BCUT2D eigenvalue weighted by Crippen LogP contribution is -2.20. The van der Waals surface area contributed by atoms with Crippen LogP contribution in [0.3, 0.4) is 0 Å². The number of halogens is 1. The molecule has 2 aromatic carbocycles. The molecular formula is C18H18ClO3+. The third kappa shape index (κ3) is 3.42. The Morgan fingerprint density at radius 2 is 1.82 bits per heavy atom. The topological polar surface area (TPSA) is 46.5 Å². The zero-order chi connectivity index (χ0) is 15.5. The maximum atomic E-state index is 12.0. The summed E-state index contributed by atoms with van der Waals surface area (Å²) in [5, 5.41) is 10.4. The number of hydrogen-bond donors (Lipinski definition) is 1. The van der Waals surface area contributed by atoms with Gasteiger partial charge in [0.2, 0.25) is 5.02 Å². The molecule has 0 aromatic heterocycles. The Hall–Kier alpha value is -2.00. The molecule has 22 heavy (non-hydrogen) atoms. The summed E-state index contributed by atoms with van der Waals surface area (Å²) in [6, 6.07) is 14.9. The highest BCUT2D eigenvalue weighted by molar-refractivity contribution is 5.75. The smallest absolute Gasteiger partial charge is 0.309 e. The minimum absolute atomic E-state index is 0.145. The van der Waals surface area contributed by atoms with Crippen LogP contribution in [-0.4, -0.2) is 17.7 Å². The number of phenols is 1. The molecule has 0 radical (unpaired) electrons. The van der Waals surface area contributed by atoms with Gasteiger partial charge in [0.15, 0.2) is 11.6 Å². The SMILES string of the molecule is O=C1OCC(Cc2cccc([ClH+])c2)C1Cc1cccc(O)c1. The molecule has 4 heteroatoms. The molecular weight excluding hydrogens is 300 g/mol. The van der Waals surface area contributed by atoms with E-state index >= 15 is 0 Å². The average molecular weight is 318 g/mol. The van der Waals surface area contributed by atoms with Gasteiger partial charge in [-0.25, -0.2) is 0 Å². The Bertz CT molecular complexity index is 684. The minimum Gasteiger partial charge on any atom is -0.508 e. The zero-order valence-corrected chi connectivity index (χ0v) is 12.9. The predicted molar refractivity (Wildman–Crippen MR) is 80.4 cm³/mol. The third-order valence-electron chi connectivity index (χ3n) is 4.07. The van der Waals surface area contributed by atoms with Gasteiger partial charge in [-0.3, -0.25) is 4.79 Å². The number of carbonyl (C=O) groups excluding carboxylic acids is 1. The highest BCUT2D eigenvalue weighted by Gasteiger charge is 2.36. The van der Waals surface area contributed by atoms with Crippen molar-refractivity contribution in [2.24, 2.45) is 11.8 Å². The van der Waals surface area contributed by atoms with Crippen LogP contribution in [0.25, 0.3) is 0 Å². The van der Waals surface area contributed by atoms with Crippen molar-refractivity contribution in [1.82, 2.24) is 0 Å². The van der Waals surface area contributed by atoms with Crippen molar-refractivity contribution in [1.29, 1.82) is 0 Å². The van der Waals surface area contributed by atoms with Crippen LogP contribution in [0.1, 0.15) is 11.1 Å². The fourth-order valence-corrected chi connectivity index (χ4v) is 3.20. The standard InChI is InChI=1S/C18H17ClO3/c19-15-5-1-3-12(8-15)7-14-11-22-18(21)17(14)10-13-4-2-6-16(20)9-13/h1-6,8-9,14,17,19H,7,10-11H2/p+1. The highest BCUT2D eigenvalue weighted by atomic mass is 35.5. The number of rotatable bonds is 4. The first kappa shape index (κ1) is 14.9. The van der Waals surface area contributed by atoms with E-state index in [0.717, 1.165) is 22.6 Å². The Labute approximate surface area is 134 Å². The van der Waals surface area contributed by atoms with Gasteiger partial charge in [0.25, 0.3) is 0 Å². The second kappa shape index (κ2) is 6.41. The molecule has 1 fully saturated rings. The molecule has 1 N–H and O–H groups in total. The van der Waals surface area contributed by atoms with E-state index in [0.29, 0.717) is 13.0 Å². The number of ether oxygens (including phenoxy) is 1. The predicted octanol–water partition coefficient (Wildman–Crippen LogP) is 2.66. The first-order chi connectivity index (χ1) is 10.6. The van der Waals surface area contributed by atoms with Gasteiger partial charge in [0.05, 0.1) is 12.5 Å². The van der Waals surface area contributed by atoms with Gasteiger partial charge in [0.1, 0.15) is 5.75 Å². The number of aromatic hydroxyl groups is 1. The Kier molecular flexibility index (Phi) is 4.34. The van der Waals surface area contributed by atoms with Crippen molar-refractivity contribution in [3.8, 4) is 5.75 Å². The summed E-state index contributed by atoms with van der Waals surface area (Å²) in [6.45, 7) is 0.448. The van der Waals surface area contributed by atoms with E-state index in [1.165, 1.54) is 0 Å².